The Labute approximate surface area is 130 Å². The Kier molecular flexibility index (Phi) is 3.68. The number of benzene rings is 1. The Hall–Kier alpha value is -3.72. The molecule has 1 amide bonds. The first-order chi connectivity index (χ1) is 11.2. The van der Waals surface area contributed by atoms with Gasteiger partial charge in [-0.2, -0.15) is 10.5 Å². The fourth-order valence-corrected chi connectivity index (χ4v) is 1.96. The monoisotopic (exact) mass is 310 g/mol. The van der Waals surface area contributed by atoms with Crippen LogP contribution in [-0.2, 0) is 4.79 Å². The Balaban J connectivity index is 1.59. The van der Waals surface area contributed by atoms with E-state index in [2.05, 4.69) is 20.6 Å². The fourth-order valence-electron chi connectivity index (χ4n) is 1.96. The maximum Gasteiger partial charge on any atom is 0.243 e. The number of aromatic amines is 1. The van der Waals surface area contributed by atoms with E-state index in [9.17, 15) is 4.79 Å². The van der Waals surface area contributed by atoms with Gasteiger partial charge >= 0.3 is 0 Å². The molecule has 0 bridgehead atoms. The normalized spacial score (nSPS) is 11.4. The molecule has 0 saturated heterocycles. The maximum atomic E-state index is 11.9. The zero-order valence-electron chi connectivity index (χ0n) is 11.7. The van der Waals surface area contributed by atoms with E-state index in [1.54, 1.807) is 24.3 Å². The number of hydrogen-bond donors (Lipinski definition) is 3. The number of nitrogens with zero attached hydrogens (tertiary/aromatic N) is 3. The van der Waals surface area contributed by atoms with Crippen molar-refractivity contribution < 1.29 is 14.3 Å². The SMILES string of the molecule is N#Cc1nc(NCC(=O)Nc2ccc3c(c2)OCO3)[nH]c1C#N. The van der Waals surface area contributed by atoms with E-state index in [-0.39, 0.29) is 36.6 Å². The standard InChI is InChI=1S/C14H10N6O3/c15-4-9-10(5-16)20-14(19-9)17-6-13(21)18-8-1-2-11-12(3-8)23-7-22-11/h1-3H,6-7H2,(H,18,21)(H2,17,19,20). The first-order valence-electron chi connectivity index (χ1n) is 6.53. The van der Waals surface area contributed by atoms with Gasteiger partial charge in [0.25, 0.3) is 0 Å². The number of fused-ring (bicyclic) bond motifs is 1. The highest BCUT2D eigenvalue weighted by atomic mass is 16.7. The van der Waals surface area contributed by atoms with Gasteiger partial charge in [0.15, 0.2) is 22.9 Å². The van der Waals surface area contributed by atoms with Crippen LogP contribution in [0.4, 0.5) is 11.6 Å². The molecule has 9 heteroatoms. The van der Waals surface area contributed by atoms with E-state index in [1.165, 1.54) is 0 Å². The lowest BCUT2D eigenvalue weighted by atomic mass is 10.3. The van der Waals surface area contributed by atoms with Crippen molar-refractivity contribution in [3.63, 3.8) is 0 Å². The smallest absolute Gasteiger partial charge is 0.243 e. The number of hydrogen-bond acceptors (Lipinski definition) is 7. The number of aromatic nitrogens is 2. The van der Waals surface area contributed by atoms with E-state index in [0.29, 0.717) is 17.2 Å². The number of rotatable bonds is 4. The van der Waals surface area contributed by atoms with Crippen LogP contribution in [0.2, 0.25) is 0 Å². The van der Waals surface area contributed by atoms with Gasteiger partial charge in [-0.3, -0.25) is 4.79 Å². The summed E-state index contributed by atoms with van der Waals surface area (Å²) in [5.41, 5.74) is 0.591. The predicted octanol–water partition coefficient (Wildman–Crippen LogP) is 0.932. The number of anilines is 2. The van der Waals surface area contributed by atoms with E-state index in [0.717, 1.165) is 0 Å². The van der Waals surface area contributed by atoms with E-state index in [4.69, 9.17) is 20.0 Å². The number of imidazole rings is 1. The zero-order chi connectivity index (χ0) is 16.2. The fraction of sp³-hybridized carbons (Fsp3) is 0.143. The first-order valence-corrected chi connectivity index (χ1v) is 6.53. The summed E-state index contributed by atoms with van der Waals surface area (Å²) in [5.74, 6) is 1.06. The van der Waals surface area contributed by atoms with Gasteiger partial charge in [0.2, 0.25) is 18.6 Å². The molecular weight excluding hydrogens is 300 g/mol. The van der Waals surface area contributed by atoms with Crippen molar-refractivity contribution in [3.8, 4) is 23.6 Å². The van der Waals surface area contributed by atoms with Crippen molar-refractivity contribution in [1.82, 2.24) is 9.97 Å². The van der Waals surface area contributed by atoms with Crippen LogP contribution in [0, 0.1) is 22.7 Å². The van der Waals surface area contributed by atoms with Crippen LogP contribution in [0.15, 0.2) is 18.2 Å². The molecule has 2 aromatic rings. The third kappa shape index (κ3) is 2.99. The Morgan fingerprint density at radius 2 is 2.13 bits per heavy atom. The summed E-state index contributed by atoms with van der Waals surface area (Å²) in [6.07, 6.45) is 0. The summed E-state index contributed by atoms with van der Waals surface area (Å²) >= 11 is 0. The van der Waals surface area contributed by atoms with Crippen molar-refractivity contribution in [2.75, 3.05) is 24.0 Å². The van der Waals surface area contributed by atoms with E-state index in [1.807, 2.05) is 6.07 Å². The molecule has 1 aliphatic heterocycles. The highest BCUT2D eigenvalue weighted by Gasteiger charge is 2.14. The van der Waals surface area contributed by atoms with Gasteiger partial charge in [-0.25, -0.2) is 4.98 Å². The van der Waals surface area contributed by atoms with Crippen molar-refractivity contribution in [1.29, 1.82) is 10.5 Å². The molecule has 114 valence electrons. The highest BCUT2D eigenvalue weighted by Crippen LogP contribution is 2.34. The molecule has 1 aromatic carbocycles. The topological polar surface area (TPSA) is 136 Å². The minimum atomic E-state index is -0.322. The van der Waals surface area contributed by atoms with Crippen LogP contribution in [-0.4, -0.2) is 29.2 Å². The lowest BCUT2D eigenvalue weighted by Gasteiger charge is -2.06. The number of amides is 1. The van der Waals surface area contributed by atoms with Crippen molar-refractivity contribution in [3.05, 3.63) is 29.6 Å². The Morgan fingerprint density at radius 1 is 1.30 bits per heavy atom. The molecule has 0 atom stereocenters. The molecule has 0 aliphatic carbocycles. The molecule has 0 spiro atoms. The van der Waals surface area contributed by atoms with Gasteiger partial charge in [0.05, 0.1) is 6.54 Å². The average molecular weight is 310 g/mol. The summed E-state index contributed by atoms with van der Waals surface area (Å²) in [5, 5.41) is 23.0. The summed E-state index contributed by atoms with van der Waals surface area (Å²) in [7, 11) is 0. The number of nitrogens with one attached hydrogen (secondary N) is 3. The van der Waals surface area contributed by atoms with Crippen molar-refractivity contribution >= 4 is 17.5 Å². The van der Waals surface area contributed by atoms with Crippen molar-refractivity contribution in [2.24, 2.45) is 0 Å². The summed E-state index contributed by atoms with van der Waals surface area (Å²) in [6.45, 7) is 0.0763. The van der Waals surface area contributed by atoms with Crippen molar-refractivity contribution in [2.45, 2.75) is 0 Å². The number of H-pyrrole nitrogens is 1. The minimum absolute atomic E-state index is 0.0221. The molecule has 1 aromatic heterocycles. The largest absolute Gasteiger partial charge is 0.454 e. The Bertz CT molecular complexity index is 814. The number of carbonyl (C=O) groups is 1. The molecule has 1 aliphatic rings. The summed E-state index contributed by atoms with van der Waals surface area (Å²) in [6, 6.07) is 8.66. The van der Waals surface area contributed by atoms with Gasteiger partial charge in [0.1, 0.15) is 12.1 Å². The quantitative estimate of drug-likeness (QED) is 0.764. The molecule has 0 fully saturated rings. The van der Waals surface area contributed by atoms with Crippen LogP contribution in [0.25, 0.3) is 0 Å². The van der Waals surface area contributed by atoms with E-state index < -0.39 is 0 Å². The van der Waals surface area contributed by atoms with Gasteiger partial charge in [-0.05, 0) is 12.1 Å². The lowest BCUT2D eigenvalue weighted by molar-refractivity contribution is -0.114. The number of carbonyl (C=O) groups excluding carboxylic acids is 1. The molecule has 23 heavy (non-hydrogen) atoms. The third-order valence-corrected chi connectivity index (χ3v) is 2.99. The predicted molar refractivity (Wildman–Crippen MR) is 77.7 cm³/mol. The molecule has 3 N–H and O–H groups in total. The number of ether oxygens (including phenoxy) is 2. The molecule has 0 radical (unpaired) electrons. The zero-order valence-corrected chi connectivity index (χ0v) is 11.7. The van der Waals surface area contributed by atoms with Gasteiger partial charge < -0.3 is 25.1 Å². The minimum Gasteiger partial charge on any atom is -0.454 e. The average Bonchev–Trinajstić information content (AvgIpc) is 3.18. The van der Waals surface area contributed by atoms with Gasteiger partial charge in [-0.15, -0.1) is 0 Å². The van der Waals surface area contributed by atoms with Gasteiger partial charge in [-0.1, -0.05) is 0 Å². The molecule has 3 rings (SSSR count). The highest BCUT2D eigenvalue weighted by molar-refractivity contribution is 5.93. The first kappa shape index (κ1) is 14.2. The van der Waals surface area contributed by atoms with Crippen LogP contribution in [0.1, 0.15) is 11.4 Å². The third-order valence-electron chi connectivity index (χ3n) is 2.99. The molecular formula is C14H10N6O3. The van der Waals surface area contributed by atoms with Crippen LogP contribution in [0.5, 0.6) is 11.5 Å². The van der Waals surface area contributed by atoms with Crippen LogP contribution < -0.4 is 20.1 Å². The lowest BCUT2D eigenvalue weighted by Crippen LogP contribution is -2.22. The molecule has 0 saturated carbocycles. The van der Waals surface area contributed by atoms with Crippen LogP contribution in [0.3, 0.4) is 0 Å². The molecule has 0 unspecified atom stereocenters. The summed E-state index contributed by atoms with van der Waals surface area (Å²) in [4.78, 5) is 18.4. The molecule has 2 heterocycles. The summed E-state index contributed by atoms with van der Waals surface area (Å²) < 4.78 is 10.4. The Morgan fingerprint density at radius 3 is 2.87 bits per heavy atom. The van der Waals surface area contributed by atoms with E-state index >= 15 is 0 Å². The molecule has 9 nitrogen and oxygen atoms in total. The second-order valence-electron chi connectivity index (χ2n) is 4.50. The van der Waals surface area contributed by atoms with Crippen LogP contribution >= 0.6 is 0 Å². The second kappa shape index (κ2) is 5.95. The van der Waals surface area contributed by atoms with Gasteiger partial charge in [0, 0.05) is 11.8 Å². The number of nitriles is 2. The second-order valence-corrected chi connectivity index (χ2v) is 4.50. The maximum absolute atomic E-state index is 11.9.